The third-order valence-electron chi connectivity index (χ3n) is 3.62. The standard InChI is InChI=1S/C17H15ClF2O/c1-17(2)9-11-7-10(3-6-15(11)21-17)16(18)13-5-4-12(19)8-14(13)20/h3-8,16H,9H2,1-2H3. The largest absolute Gasteiger partial charge is 0.487 e. The Morgan fingerprint density at radius 3 is 2.62 bits per heavy atom. The van der Waals surface area contributed by atoms with Gasteiger partial charge in [0.25, 0.3) is 0 Å². The maximum atomic E-state index is 13.8. The zero-order chi connectivity index (χ0) is 15.2. The molecule has 0 saturated heterocycles. The maximum absolute atomic E-state index is 13.8. The highest BCUT2D eigenvalue weighted by molar-refractivity contribution is 6.22. The molecule has 0 spiro atoms. The SMILES string of the molecule is CC1(C)Cc2cc(C(Cl)c3ccc(F)cc3F)ccc2O1. The maximum Gasteiger partial charge on any atom is 0.131 e. The van der Waals surface area contributed by atoms with Crippen molar-refractivity contribution in [1.29, 1.82) is 0 Å². The minimum absolute atomic E-state index is 0.232. The Kier molecular flexibility index (Phi) is 3.40. The Morgan fingerprint density at radius 2 is 1.90 bits per heavy atom. The molecule has 1 nitrogen and oxygen atoms in total. The zero-order valence-electron chi connectivity index (χ0n) is 11.8. The van der Waals surface area contributed by atoms with E-state index in [-0.39, 0.29) is 11.2 Å². The second-order valence-corrected chi connectivity index (χ2v) is 6.37. The van der Waals surface area contributed by atoms with Gasteiger partial charge < -0.3 is 4.74 Å². The number of alkyl halides is 1. The van der Waals surface area contributed by atoms with Gasteiger partial charge in [-0.25, -0.2) is 8.78 Å². The Labute approximate surface area is 127 Å². The molecule has 21 heavy (non-hydrogen) atoms. The van der Waals surface area contributed by atoms with Crippen molar-refractivity contribution in [3.05, 3.63) is 64.7 Å². The first-order valence-electron chi connectivity index (χ1n) is 6.76. The molecule has 0 aromatic heterocycles. The fourth-order valence-corrected chi connectivity index (χ4v) is 2.99. The molecule has 0 bridgehead atoms. The Morgan fingerprint density at radius 1 is 1.14 bits per heavy atom. The van der Waals surface area contributed by atoms with Crippen LogP contribution < -0.4 is 4.74 Å². The molecule has 4 heteroatoms. The minimum atomic E-state index is -0.653. The van der Waals surface area contributed by atoms with Gasteiger partial charge in [-0.3, -0.25) is 0 Å². The molecule has 110 valence electrons. The minimum Gasteiger partial charge on any atom is -0.487 e. The van der Waals surface area contributed by atoms with E-state index in [9.17, 15) is 8.78 Å². The molecule has 1 unspecified atom stereocenters. The molecule has 0 radical (unpaired) electrons. The van der Waals surface area contributed by atoms with Crippen molar-refractivity contribution in [2.24, 2.45) is 0 Å². The third-order valence-corrected chi connectivity index (χ3v) is 4.10. The van der Waals surface area contributed by atoms with Crippen LogP contribution in [0.15, 0.2) is 36.4 Å². The van der Waals surface area contributed by atoms with Gasteiger partial charge in [-0.15, -0.1) is 11.6 Å². The average molecular weight is 309 g/mol. The lowest BCUT2D eigenvalue weighted by Crippen LogP contribution is -2.24. The predicted molar refractivity (Wildman–Crippen MR) is 78.9 cm³/mol. The predicted octanol–water partition coefficient (Wildman–Crippen LogP) is 5.01. The van der Waals surface area contributed by atoms with Crippen LogP contribution in [-0.4, -0.2) is 5.60 Å². The number of hydrogen-bond acceptors (Lipinski definition) is 1. The van der Waals surface area contributed by atoms with Gasteiger partial charge in [0.1, 0.15) is 23.0 Å². The van der Waals surface area contributed by atoms with Gasteiger partial charge in [0, 0.05) is 18.1 Å². The Hall–Kier alpha value is -1.61. The van der Waals surface area contributed by atoms with Crippen LogP contribution in [0.2, 0.25) is 0 Å². The molecule has 0 amide bonds. The average Bonchev–Trinajstić information content (AvgIpc) is 2.70. The highest BCUT2D eigenvalue weighted by atomic mass is 35.5. The highest BCUT2D eigenvalue weighted by Crippen LogP contribution is 2.39. The van der Waals surface area contributed by atoms with Gasteiger partial charge in [0.2, 0.25) is 0 Å². The molecular weight excluding hydrogens is 294 g/mol. The number of halogens is 3. The molecule has 1 aliphatic heterocycles. The van der Waals surface area contributed by atoms with E-state index in [1.54, 1.807) is 0 Å². The second kappa shape index (κ2) is 4.99. The lowest BCUT2D eigenvalue weighted by atomic mass is 9.97. The molecule has 1 atom stereocenters. The lowest BCUT2D eigenvalue weighted by molar-refractivity contribution is 0.138. The first-order valence-corrected chi connectivity index (χ1v) is 7.20. The van der Waals surface area contributed by atoms with Crippen molar-refractivity contribution in [1.82, 2.24) is 0 Å². The molecule has 2 aromatic rings. The van der Waals surface area contributed by atoms with Gasteiger partial charge >= 0.3 is 0 Å². The molecule has 1 heterocycles. The number of benzene rings is 2. The summed E-state index contributed by atoms with van der Waals surface area (Å²) in [6, 6.07) is 9.06. The van der Waals surface area contributed by atoms with E-state index >= 15 is 0 Å². The molecule has 0 saturated carbocycles. The number of fused-ring (bicyclic) bond motifs is 1. The summed E-state index contributed by atoms with van der Waals surface area (Å²) in [5, 5.41) is -0.653. The van der Waals surface area contributed by atoms with Gasteiger partial charge in [-0.1, -0.05) is 18.2 Å². The van der Waals surface area contributed by atoms with E-state index in [1.165, 1.54) is 12.1 Å². The van der Waals surface area contributed by atoms with Crippen LogP contribution in [0.25, 0.3) is 0 Å². The van der Waals surface area contributed by atoms with Crippen molar-refractivity contribution in [2.45, 2.75) is 31.2 Å². The summed E-state index contributed by atoms with van der Waals surface area (Å²) in [5.41, 5.74) is 1.88. The van der Waals surface area contributed by atoms with Crippen LogP contribution in [0.4, 0.5) is 8.78 Å². The molecule has 2 aromatic carbocycles. The van der Waals surface area contributed by atoms with Crippen molar-refractivity contribution < 1.29 is 13.5 Å². The first kappa shape index (κ1) is 14.3. The van der Waals surface area contributed by atoms with E-state index in [0.29, 0.717) is 0 Å². The van der Waals surface area contributed by atoms with E-state index in [0.717, 1.165) is 29.4 Å². The number of rotatable bonds is 2. The van der Waals surface area contributed by atoms with Crippen LogP contribution in [0.3, 0.4) is 0 Å². The Balaban J connectivity index is 1.95. The number of hydrogen-bond donors (Lipinski definition) is 0. The van der Waals surface area contributed by atoms with E-state index < -0.39 is 17.0 Å². The van der Waals surface area contributed by atoms with Gasteiger partial charge in [0.15, 0.2) is 0 Å². The van der Waals surface area contributed by atoms with E-state index in [2.05, 4.69) is 0 Å². The summed E-state index contributed by atoms with van der Waals surface area (Å²) >= 11 is 6.36. The topological polar surface area (TPSA) is 9.23 Å². The molecule has 0 aliphatic carbocycles. The normalized spacial score (nSPS) is 17.2. The van der Waals surface area contributed by atoms with Crippen LogP contribution in [0.5, 0.6) is 5.75 Å². The summed E-state index contributed by atoms with van der Waals surface area (Å²) < 4.78 is 32.6. The third kappa shape index (κ3) is 2.75. The van der Waals surface area contributed by atoms with Crippen molar-refractivity contribution in [3.8, 4) is 5.75 Å². The molecule has 0 fully saturated rings. The molecule has 1 aliphatic rings. The van der Waals surface area contributed by atoms with E-state index in [1.807, 2.05) is 32.0 Å². The molecule has 3 rings (SSSR count). The first-order chi connectivity index (χ1) is 9.85. The van der Waals surface area contributed by atoms with Crippen molar-refractivity contribution >= 4 is 11.6 Å². The van der Waals surface area contributed by atoms with Crippen molar-refractivity contribution in [2.75, 3.05) is 0 Å². The van der Waals surface area contributed by atoms with Crippen LogP contribution in [0, 0.1) is 11.6 Å². The summed E-state index contributed by atoms with van der Waals surface area (Å²) in [5.74, 6) is -0.400. The van der Waals surface area contributed by atoms with Gasteiger partial charge in [-0.05, 0) is 37.1 Å². The summed E-state index contributed by atoms with van der Waals surface area (Å²) in [6.45, 7) is 4.04. The monoisotopic (exact) mass is 308 g/mol. The molecular formula is C17H15ClF2O. The highest BCUT2D eigenvalue weighted by Gasteiger charge is 2.30. The number of ether oxygens (including phenoxy) is 1. The quantitative estimate of drug-likeness (QED) is 0.709. The van der Waals surface area contributed by atoms with Crippen LogP contribution in [-0.2, 0) is 6.42 Å². The zero-order valence-corrected chi connectivity index (χ0v) is 12.5. The van der Waals surface area contributed by atoms with Gasteiger partial charge in [0.05, 0.1) is 5.38 Å². The lowest BCUT2D eigenvalue weighted by Gasteiger charge is -2.16. The smallest absolute Gasteiger partial charge is 0.131 e. The van der Waals surface area contributed by atoms with E-state index in [4.69, 9.17) is 16.3 Å². The van der Waals surface area contributed by atoms with Crippen LogP contribution >= 0.6 is 11.6 Å². The summed E-state index contributed by atoms with van der Waals surface area (Å²) in [7, 11) is 0. The fraction of sp³-hybridized carbons (Fsp3) is 0.294. The Bertz CT molecular complexity index is 697. The fourth-order valence-electron chi connectivity index (χ4n) is 2.67. The summed E-state index contributed by atoms with van der Waals surface area (Å²) in [4.78, 5) is 0. The molecule has 0 N–H and O–H groups in total. The summed E-state index contributed by atoms with van der Waals surface area (Å²) in [6.07, 6.45) is 0.783. The van der Waals surface area contributed by atoms with Crippen LogP contribution in [0.1, 0.15) is 35.9 Å². The second-order valence-electron chi connectivity index (χ2n) is 5.93. The van der Waals surface area contributed by atoms with Crippen molar-refractivity contribution in [3.63, 3.8) is 0 Å². The van der Waals surface area contributed by atoms with Gasteiger partial charge in [-0.2, -0.15) is 0 Å².